The van der Waals surface area contributed by atoms with E-state index in [2.05, 4.69) is 62.2 Å². The lowest BCUT2D eigenvalue weighted by atomic mass is 10.0. The molecular formula is C18H19BrN2. The van der Waals surface area contributed by atoms with Gasteiger partial charge in [0.25, 0.3) is 0 Å². The van der Waals surface area contributed by atoms with Crippen molar-refractivity contribution in [2.45, 2.75) is 12.8 Å². The molecule has 0 saturated carbocycles. The first kappa shape index (κ1) is 14.5. The van der Waals surface area contributed by atoms with Gasteiger partial charge in [-0.05, 0) is 55.8 Å². The van der Waals surface area contributed by atoms with Crippen LogP contribution in [0.5, 0.6) is 0 Å². The molecule has 3 rings (SSSR count). The Hall–Kier alpha value is -1.45. The highest BCUT2D eigenvalue weighted by molar-refractivity contribution is 9.10. The van der Waals surface area contributed by atoms with Crippen molar-refractivity contribution in [3.8, 4) is 0 Å². The van der Waals surface area contributed by atoms with E-state index in [1.165, 1.54) is 37.1 Å². The Morgan fingerprint density at radius 2 is 1.86 bits per heavy atom. The van der Waals surface area contributed by atoms with E-state index >= 15 is 0 Å². The second kappa shape index (κ2) is 7.01. The summed E-state index contributed by atoms with van der Waals surface area (Å²) < 4.78 is 1.10. The van der Waals surface area contributed by atoms with Crippen LogP contribution in [0, 0.1) is 0 Å². The molecule has 1 fully saturated rings. The predicted molar refractivity (Wildman–Crippen MR) is 91.1 cm³/mol. The van der Waals surface area contributed by atoms with Crippen LogP contribution in [0.1, 0.15) is 24.1 Å². The topological polar surface area (TPSA) is 16.1 Å². The Labute approximate surface area is 134 Å². The fourth-order valence-corrected chi connectivity index (χ4v) is 2.97. The molecule has 0 radical (unpaired) electrons. The number of hydrogen-bond donors (Lipinski definition) is 0. The number of benzene rings is 1. The third-order valence-electron chi connectivity index (χ3n) is 3.85. The van der Waals surface area contributed by atoms with Crippen LogP contribution in [0.2, 0.25) is 0 Å². The van der Waals surface area contributed by atoms with E-state index in [1.54, 1.807) is 0 Å². The molecule has 108 valence electrons. The van der Waals surface area contributed by atoms with Gasteiger partial charge in [-0.3, -0.25) is 9.88 Å². The van der Waals surface area contributed by atoms with Gasteiger partial charge in [-0.25, -0.2) is 0 Å². The number of nitrogens with zero attached hydrogens (tertiary/aromatic N) is 2. The molecule has 2 heterocycles. The zero-order chi connectivity index (χ0) is 14.5. The summed E-state index contributed by atoms with van der Waals surface area (Å²) in [5.74, 6) is 0. The van der Waals surface area contributed by atoms with E-state index in [-0.39, 0.29) is 0 Å². The fourth-order valence-electron chi connectivity index (χ4n) is 2.71. The van der Waals surface area contributed by atoms with Gasteiger partial charge in [-0.1, -0.05) is 40.2 Å². The lowest BCUT2D eigenvalue weighted by Gasteiger charge is -2.14. The second-order valence-corrected chi connectivity index (χ2v) is 6.26. The van der Waals surface area contributed by atoms with Gasteiger partial charge in [-0.15, -0.1) is 0 Å². The Morgan fingerprint density at radius 1 is 1.10 bits per heavy atom. The molecule has 1 aromatic heterocycles. The van der Waals surface area contributed by atoms with Gasteiger partial charge < -0.3 is 0 Å². The molecule has 0 N–H and O–H groups in total. The normalized spacial score (nSPS) is 16.3. The lowest BCUT2D eigenvalue weighted by Crippen LogP contribution is -2.19. The molecule has 1 aliphatic rings. The van der Waals surface area contributed by atoms with Crippen LogP contribution in [-0.2, 0) is 0 Å². The maximum atomic E-state index is 4.52. The molecule has 1 aromatic carbocycles. The molecule has 1 saturated heterocycles. The maximum absolute atomic E-state index is 4.52. The molecule has 21 heavy (non-hydrogen) atoms. The Bertz CT molecular complexity index is 599. The number of pyridine rings is 1. The quantitative estimate of drug-likeness (QED) is 0.819. The van der Waals surface area contributed by atoms with Gasteiger partial charge in [0.1, 0.15) is 0 Å². The smallest absolute Gasteiger partial charge is 0.0705 e. The molecule has 0 aliphatic carbocycles. The van der Waals surface area contributed by atoms with Crippen molar-refractivity contribution in [2.24, 2.45) is 0 Å². The number of likely N-dealkylation sites (tertiary alicyclic amines) is 1. The molecule has 0 unspecified atom stereocenters. The van der Waals surface area contributed by atoms with Crippen molar-refractivity contribution in [2.75, 3.05) is 19.6 Å². The summed E-state index contributed by atoms with van der Waals surface area (Å²) in [5.41, 5.74) is 3.48. The van der Waals surface area contributed by atoms with Gasteiger partial charge in [0.2, 0.25) is 0 Å². The molecule has 0 spiro atoms. The number of hydrogen-bond acceptors (Lipinski definition) is 2. The third kappa shape index (κ3) is 3.80. The Balaban J connectivity index is 1.90. The largest absolute Gasteiger partial charge is 0.300 e. The van der Waals surface area contributed by atoms with Crippen molar-refractivity contribution in [3.05, 3.63) is 70.5 Å². The molecule has 0 atom stereocenters. The van der Waals surface area contributed by atoms with Crippen LogP contribution in [0.3, 0.4) is 0 Å². The summed E-state index contributed by atoms with van der Waals surface area (Å²) in [4.78, 5) is 7.03. The van der Waals surface area contributed by atoms with Crippen LogP contribution < -0.4 is 0 Å². The minimum atomic E-state index is 1.00. The molecule has 0 amide bonds. The van der Waals surface area contributed by atoms with Crippen LogP contribution in [0.25, 0.3) is 5.57 Å². The molecule has 3 heteroatoms. The van der Waals surface area contributed by atoms with E-state index in [0.29, 0.717) is 0 Å². The van der Waals surface area contributed by atoms with Gasteiger partial charge in [0, 0.05) is 22.8 Å². The third-order valence-corrected chi connectivity index (χ3v) is 4.38. The first-order valence-electron chi connectivity index (χ1n) is 7.43. The van der Waals surface area contributed by atoms with E-state index in [9.17, 15) is 0 Å². The van der Waals surface area contributed by atoms with Crippen LogP contribution >= 0.6 is 15.9 Å². The molecule has 2 nitrogen and oxygen atoms in total. The van der Waals surface area contributed by atoms with Crippen molar-refractivity contribution < 1.29 is 0 Å². The van der Waals surface area contributed by atoms with Gasteiger partial charge in [0.15, 0.2) is 0 Å². The number of halogens is 1. The number of aromatic nitrogens is 1. The summed E-state index contributed by atoms with van der Waals surface area (Å²) in [6.45, 7) is 3.43. The van der Waals surface area contributed by atoms with E-state index < -0.39 is 0 Å². The molecule has 2 aromatic rings. The summed E-state index contributed by atoms with van der Waals surface area (Å²) >= 11 is 3.50. The molecule has 1 aliphatic heterocycles. The first-order valence-corrected chi connectivity index (χ1v) is 8.22. The van der Waals surface area contributed by atoms with E-state index in [1.807, 2.05) is 18.3 Å². The summed E-state index contributed by atoms with van der Waals surface area (Å²) in [6.07, 6.45) is 6.82. The summed E-state index contributed by atoms with van der Waals surface area (Å²) in [7, 11) is 0. The maximum Gasteiger partial charge on any atom is 0.0705 e. The second-order valence-electron chi connectivity index (χ2n) is 5.35. The lowest BCUT2D eigenvalue weighted by molar-refractivity contribution is 0.377. The summed E-state index contributed by atoms with van der Waals surface area (Å²) in [5, 5.41) is 0. The highest BCUT2D eigenvalue weighted by atomic mass is 79.9. The van der Waals surface area contributed by atoms with Gasteiger partial charge >= 0.3 is 0 Å². The fraction of sp³-hybridized carbons (Fsp3) is 0.278. The average molecular weight is 343 g/mol. The standard InChI is InChI=1S/C18H19BrN2/c19-16-8-6-15(7-9-16)17(18-5-1-2-11-20-18)10-14-21-12-3-4-13-21/h1-2,5-11H,3-4,12-14H2/b17-10-. The summed E-state index contributed by atoms with van der Waals surface area (Å²) in [6, 6.07) is 14.6. The average Bonchev–Trinajstić information content (AvgIpc) is 3.04. The molecule has 0 bridgehead atoms. The first-order chi connectivity index (χ1) is 10.3. The minimum Gasteiger partial charge on any atom is -0.300 e. The van der Waals surface area contributed by atoms with E-state index in [4.69, 9.17) is 0 Å². The van der Waals surface area contributed by atoms with Crippen LogP contribution in [-0.4, -0.2) is 29.5 Å². The zero-order valence-corrected chi connectivity index (χ0v) is 13.6. The van der Waals surface area contributed by atoms with Crippen molar-refractivity contribution in [3.63, 3.8) is 0 Å². The van der Waals surface area contributed by atoms with Crippen molar-refractivity contribution in [1.82, 2.24) is 9.88 Å². The van der Waals surface area contributed by atoms with Crippen molar-refractivity contribution >= 4 is 21.5 Å². The molecular weight excluding hydrogens is 324 g/mol. The van der Waals surface area contributed by atoms with Crippen LogP contribution in [0.4, 0.5) is 0 Å². The Morgan fingerprint density at radius 3 is 2.52 bits per heavy atom. The SMILES string of the molecule is Brc1ccc(/C(=C/CN2CCCC2)c2ccccn2)cc1. The van der Waals surface area contributed by atoms with E-state index in [0.717, 1.165) is 16.7 Å². The monoisotopic (exact) mass is 342 g/mol. The predicted octanol–water partition coefficient (Wildman–Crippen LogP) is 4.37. The van der Waals surface area contributed by atoms with Gasteiger partial charge in [0.05, 0.1) is 5.69 Å². The highest BCUT2D eigenvalue weighted by Crippen LogP contribution is 2.23. The van der Waals surface area contributed by atoms with Crippen LogP contribution in [0.15, 0.2) is 59.2 Å². The zero-order valence-electron chi connectivity index (χ0n) is 12.0. The van der Waals surface area contributed by atoms with Gasteiger partial charge in [-0.2, -0.15) is 0 Å². The highest BCUT2D eigenvalue weighted by Gasteiger charge is 2.11. The minimum absolute atomic E-state index is 1.00. The van der Waals surface area contributed by atoms with Crippen molar-refractivity contribution in [1.29, 1.82) is 0 Å². The number of rotatable bonds is 4. The Kier molecular flexibility index (Phi) is 4.84.